The largest absolute Gasteiger partial charge is 0.0722 e. The van der Waals surface area contributed by atoms with Crippen LogP contribution >= 0.6 is 0 Å². The summed E-state index contributed by atoms with van der Waals surface area (Å²) in [5.41, 5.74) is 13.0. The van der Waals surface area contributed by atoms with E-state index in [4.69, 9.17) is 0 Å². The number of allylic oxidation sites excluding steroid dienone is 2. The molecule has 0 N–H and O–H groups in total. The Hall–Kier alpha value is -2.64. The van der Waals surface area contributed by atoms with Gasteiger partial charge >= 0.3 is 0 Å². The van der Waals surface area contributed by atoms with Crippen LogP contribution in [0.15, 0.2) is 83.9 Å². The zero-order valence-corrected chi connectivity index (χ0v) is 20.3. The second kappa shape index (κ2) is 7.49. The van der Waals surface area contributed by atoms with Gasteiger partial charge in [-0.3, -0.25) is 0 Å². The van der Waals surface area contributed by atoms with Crippen LogP contribution in [0.2, 0.25) is 13.1 Å². The lowest BCUT2D eigenvalue weighted by atomic mass is 9.97. The molecule has 0 radical (unpaired) electrons. The van der Waals surface area contributed by atoms with Crippen molar-refractivity contribution in [3.8, 4) is 11.1 Å². The Balaban J connectivity index is 1.64. The Morgan fingerprint density at radius 2 is 1.39 bits per heavy atom. The molecule has 0 amide bonds. The van der Waals surface area contributed by atoms with Crippen LogP contribution in [0.1, 0.15) is 54.1 Å². The Kier molecular flexibility index (Phi) is 4.90. The van der Waals surface area contributed by atoms with Crippen molar-refractivity contribution < 1.29 is 0 Å². The molecule has 3 aromatic rings. The van der Waals surface area contributed by atoms with E-state index in [0.29, 0.717) is 17.0 Å². The van der Waals surface area contributed by atoms with E-state index in [1.54, 1.807) is 22.3 Å². The minimum Gasteiger partial charge on any atom is -0.0679 e. The van der Waals surface area contributed by atoms with Gasteiger partial charge in [-0.1, -0.05) is 123 Å². The van der Waals surface area contributed by atoms with E-state index in [1.807, 2.05) is 0 Å². The molecule has 2 unspecified atom stereocenters. The van der Waals surface area contributed by atoms with Gasteiger partial charge in [0.25, 0.3) is 0 Å². The summed E-state index contributed by atoms with van der Waals surface area (Å²) in [5.74, 6) is 0.574. The maximum absolute atomic E-state index is 2.63. The van der Waals surface area contributed by atoms with Crippen LogP contribution in [-0.4, -0.2) is 8.07 Å². The summed E-state index contributed by atoms with van der Waals surface area (Å²) in [4.78, 5) is 0. The summed E-state index contributed by atoms with van der Waals surface area (Å²) in [6.45, 7) is 12.4. The number of fused-ring (bicyclic) bond motifs is 2. The molecule has 0 nitrogen and oxygen atoms in total. The van der Waals surface area contributed by atoms with Crippen molar-refractivity contribution in [3.63, 3.8) is 0 Å². The quantitative estimate of drug-likeness (QED) is 0.371. The lowest BCUT2D eigenvalue weighted by Crippen LogP contribution is -2.43. The molecule has 2 aliphatic carbocycles. The van der Waals surface area contributed by atoms with Crippen molar-refractivity contribution >= 4 is 20.2 Å². The summed E-state index contributed by atoms with van der Waals surface area (Å²) in [7, 11) is -1.79. The van der Waals surface area contributed by atoms with Gasteiger partial charge in [-0.05, 0) is 46.2 Å². The maximum Gasteiger partial charge on any atom is 0.0722 e. The highest BCUT2D eigenvalue weighted by atomic mass is 28.3. The number of hydrogen-bond acceptors (Lipinski definition) is 0. The SMILES string of the molecule is CC1=Cc2c(-c3ccccc3)cccc2C1[Si](C)(C)C1C(C(C)C)=Cc2ccccc21. The number of benzene rings is 3. The molecule has 0 bridgehead atoms. The van der Waals surface area contributed by atoms with Crippen molar-refractivity contribution in [1.82, 2.24) is 0 Å². The molecular weight excluding hydrogens is 388 g/mol. The third-order valence-corrected chi connectivity index (χ3v) is 11.9. The first-order valence-corrected chi connectivity index (χ1v) is 14.7. The van der Waals surface area contributed by atoms with E-state index >= 15 is 0 Å². The maximum atomic E-state index is 2.63. The van der Waals surface area contributed by atoms with Crippen LogP contribution in [0.25, 0.3) is 23.3 Å². The van der Waals surface area contributed by atoms with Crippen LogP contribution < -0.4 is 0 Å². The van der Waals surface area contributed by atoms with Crippen LogP contribution in [-0.2, 0) is 0 Å². The molecule has 0 spiro atoms. The standard InChI is InChI=1S/C30H32Si/c1-20(2)27-19-23-14-9-10-15-25(23)30(27)31(4,5)29-21(3)18-28-24(16-11-17-26(28)29)22-12-7-6-8-13-22/h6-20,29-30H,1-5H3. The molecule has 0 saturated carbocycles. The van der Waals surface area contributed by atoms with Crippen LogP contribution in [0.4, 0.5) is 0 Å². The predicted octanol–water partition coefficient (Wildman–Crippen LogP) is 8.48. The molecule has 0 heterocycles. The first-order chi connectivity index (χ1) is 14.9. The van der Waals surface area contributed by atoms with Gasteiger partial charge in [-0.15, -0.1) is 0 Å². The van der Waals surface area contributed by atoms with Gasteiger partial charge in [-0.25, -0.2) is 0 Å². The summed E-state index contributed by atoms with van der Waals surface area (Å²) in [6.07, 6.45) is 4.98. The first kappa shape index (κ1) is 20.3. The molecule has 3 aromatic carbocycles. The third kappa shape index (κ3) is 3.18. The van der Waals surface area contributed by atoms with Crippen LogP contribution in [0, 0.1) is 5.92 Å². The zero-order chi connectivity index (χ0) is 21.8. The van der Waals surface area contributed by atoms with Crippen molar-refractivity contribution in [1.29, 1.82) is 0 Å². The smallest absolute Gasteiger partial charge is 0.0679 e. The van der Waals surface area contributed by atoms with Gasteiger partial charge in [-0.2, -0.15) is 0 Å². The number of hydrogen-bond donors (Lipinski definition) is 0. The molecular formula is C30H32Si. The fourth-order valence-electron chi connectivity index (χ4n) is 6.25. The number of rotatable bonds is 4. The fraction of sp³-hybridized carbons (Fsp3) is 0.267. The topological polar surface area (TPSA) is 0 Å². The van der Waals surface area contributed by atoms with Crippen molar-refractivity contribution in [2.24, 2.45) is 5.92 Å². The van der Waals surface area contributed by atoms with Gasteiger partial charge in [0.2, 0.25) is 0 Å². The molecule has 156 valence electrons. The summed E-state index contributed by atoms with van der Waals surface area (Å²) >= 11 is 0. The Bertz CT molecular complexity index is 1190. The highest BCUT2D eigenvalue weighted by Gasteiger charge is 2.48. The van der Waals surface area contributed by atoms with Gasteiger partial charge < -0.3 is 0 Å². The fourth-order valence-corrected chi connectivity index (χ4v) is 11.2. The Morgan fingerprint density at radius 1 is 0.710 bits per heavy atom. The average molecular weight is 421 g/mol. The van der Waals surface area contributed by atoms with Gasteiger partial charge in [0.15, 0.2) is 0 Å². The van der Waals surface area contributed by atoms with Crippen molar-refractivity contribution in [2.75, 3.05) is 0 Å². The molecule has 0 aromatic heterocycles. The van der Waals surface area contributed by atoms with Crippen LogP contribution in [0.3, 0.4) is 0 Å². The molecule has 2 aliphatic rings. The zero-order valence-electron chi connectivity index (χ0n) is 19.3. The summed E-state index contributed by atoms with van der Waals surface area (Å²) in [6, 6.07) is 26.9. The van der Waals surface area contributed by atoms with Crippen LogP contribution in [0.5, 0.6) is 0 Å². The van der Waals surface area contributed by atoms with E-state index in [0.717, 1.165) is 0 Å². The molecule has 5 rings (SSSR count). The lowest BCUT2D eigenvalue weighted by Gasteiger charge is -2.40. The average Bonchev–Trinajstić information content (AvgIpc) is 3.32. The minimum absolute atomic E-state index is 0.546. The molecule has 1 heteroatoms. The second-order valence-electron chi connectivity index (χ2n) is 10.2. The lowest BCUT2D eigenvalue weighted by molar-refractivity contribution is 0.731. The van der Waals surface area contributed by atoms with E-state index in [-0.39, 0.29) is 0 Å². The van der Waals surface area contributed by atoms with E-state index in [2.05, 4.69) is 119 Å². The van der Waals surface area contributed by atoms with Gasteiger partial charge in [0.05, 0.1) is 8.07 Å². The molecule has 0 saturated heterocycles. The van der Waals surface area contributed by atoms with E-state index in [9.17, 15) is 0 Å². The predicted molar refractivity (Wildman–Crippen MR) is 138 cm³/mol. The van der Waals surface area contributed by atoms with E-state index in [1.165, 1.54) is 22.3 Å². The Labute approximate surface area is 188 Å². The summed E-state index contributed by atoms with van der Waals surface area (Å²) in [5, 5.41) is 0. The second-order valence-corrected chi connectivity index (χ2v) is 15.0. The summed E-state index contributed by atoms with van der Waals surface area (Å²) < 4.78 is 0. The third-order valence-electron chi connectivity index (χ3n) is 7.48. The van der Waals surface area contributed by atoms with Gasteiger partial charge in [0.1, 0.15) is 0 Å². The highest BCUT2D eigenvalue weighted by Crippen LogP contribution is 2.54. The normalized spacial score (nSPS) is 19.8. The molecule has 0 aliphatic heterocycles. The molecule has 2 atom stereocenters. The minimum atomic E-state index is -1.79. The van der Waals surface area contributed by atoms with E-state index < -0.39 is 8.07 Å². The van der Waals surface area contributed by atoms with Crippen molar-refractivity contribution in [2.45, 2.75) is 44.9 Å². The van der Waals surface area contributed by atoms with Crippen molar-refractivity contribution in [3.05, 3.63) is 106 Å². The first-order valence-electron chi connectivity index (χ1n) is 11.6. The van der Waals surface area contributed by atoms with Gasteiger partial charge in [0, 0.05) is 11.1 Å². The Morgan fingerprint density at radius 3 is 2.13 bits per heavy atom. The molecule has 31 heavy (non-hydrogen) atoms. The monoisotopic (exact) mass is 420 g/mol. The highest BCUT2D eigenvalue weighted by molar-refractivity contribution is 6.81. The molecule has 0 fully saturated rings.